The van der Waals surface area contributed by atoms with E-state index in [1.54, 1.807) is 24.4 Å². The van der Waals surface area contributed by atoms with Gasteiger partial charge in [0, 0.05) is 23.7 Å². The first-order chi connectivity index (χ1) is 14.2. The maximum absolute atomic E-state index is 12.7. The number of hydrogen-bond acceptors (Lipinski definition) is 8. The highest BCUT2D eigenvalue weighted by Gasteiger charge is 2.25. The number of aliphatic hydroxyl groups is 1. The summed E-state index contributed by atoms with van der Waals surface area (Å²) in [5, 5.41) is 15.0. The number of nitrogens with zero attached hydrogens (tertiary/aromatic N) is 3. The van der Waals surface area contributed by atoms with Gasteiger partial charge in [0.25, 0.3) is 0 Å². The highest BCUT2D eigenvalue weighted by atomic mass is 35.5. The molecule has 1 aromatic carbocycles. The van der Waals surface area contributed by atoms with Gasteiger partial charge in [-0.25, -0.2) is 4.98 Å². The molecule has 2 N–H and O–H groups in total. The third-order valence-corrected chi connectivity index (χ3v) is 5.34. The minimum atomic E-state index is -0.0368. The maximum Gasteiger partial charge on any atom is 0.183 e. The predicted molar refractivity (Wildman–Crippen MR) is 114 cm³/mol. The Hall–Kier alpha value is -2.81. The number of benzene rings is 1. The van der Waals surface area contributed by atoms with E-state index in [1.165, 1.54) is 11.3 Å². The largest absolute Gasteiger partial charge is 0.486 e. The number of ketones is 1. The van der Waals surface area contributed by atoms with E-state index in [-0.39, 0.29) is 25.4 Å². The number of fused-ring (bicyclic) bond motifs is 1. The van der Waals surface area contributed by atoms with Gasteiger partial charge >= 0.3 is 0 Å². The molecule has 29 heavy (non-hydrogen) atoms. The number of aliphatic hydroxyl groups excluding tert-OH is 1. The van der Waals surface area contributed by atoms with E-state index in [0.717, 1.165) is 0 Å². The molecule has 0 saturated carbocycles. The minimum absolute atomic E-state index is 0.0154. The number of thiazole rings is 1. The monoisotopic (exact) mass is 428 g/mol. The highest BCUT2D eigenvalue weighted by molar-refractivity contribution is 7.14. The summed E-state index contributed by atoms with van der Waals surface area (Å²) >= 11 is 7.52. The van der Waals surface area contributed by atoms with Crippen LogP contribution in [0.1, 0.15) is 16.8 Å². The number of pyridine rings is 1. The van der Waals surface area contributed by atoms with Crippen LogP contribution in [0, 0.1) is 0 Å². The number of nitrogens with one attached hydrogen (secondary N) is 1. The van der Waals surface area contributed by atoms with Gasteiger partial charge in [-0.05, 0) is 18.2 Å². The lowest BCUT2D eigenvalue weighted by Gasteiger charge is -2.17. The molecule has 0 amide bonds. The van der Waals surface area contributed by atoms with Crippen molar-refractivity contribution < 1.29 is 14.6 Å². The molecule has 0 atom stereocenters. The Bertz CT molecular complexity index is 1080. The van der Waals surface area contributed by atoms with Gasteiger partial charge in [-0.15, -0.1) is 11.3 Å². The molecule has 3 aromatic rings. The third-order valence-electron chi connectivity index (χ3n) is 4.22. The summed E-state index contributed by atoms with van der Waals surface area (Å²) in [5.74, 6) is 0.505. The average molecular weight is 429 g/mol. The van der Waals surface area contributed by atoms with Crippen LogP contribution in [0.25, 0.3) is 11.4 Å². The van der Waals surface area contributed by atoms with Crippen LogP contribution < -0.4 is 10.1 Å². The minimum Gasteiger partial charge on any atom is -0.486 e. The molecule has 9 heteroatoms. The second-order valence-electron chi connectivity index (χ2n) is 6.24. The van der Waals surface area contributed by atoms with E-state index in [9.17, 15) is 4.79 Å². The first kappa shape index (κ1) is 19.5. The van der Waals surface area contributed by atoms with Crippen LogP contribution in [-0.2, 0) is 0 Å². The summed E-state index contributed by atoms with van der Waals surface area (Å²) in [6, 6.07) is 8.84. The number of halogens is 1. The number of rotatable bonds is 7. The van der Waals surface area contributed by atoms with Gasteiger partial charge in [-0.2, -0.15) is 0 Å². The number of aliphatic imine (C=N–C) groups is 1. The van der Waals surface area contributed by atoms with Crippen LogP contribution in [0.3, 0.4) is 0 Å². The van der Waals surface area contributed by atoms with Crippen LogP contribution in [-0.4, -0.2) is 46.3 Å². The van der Waals surface area contributed by atoms with E-state index >= 15 is 0 Å². The maximum atomic E-state index is 12.7. The molecule has 0 saturated heterocycles. The van der Waals surface area contributed by atoms with E-state index in [2.05, 4.69) is 20.3 Å². The first-order valence-corrected chi connectivity index (χ1v) is 10.2. The standard InChI is InChI=1S/C20H17ClN4O3S/c21-14-3-1-2-4-17(14)28-10-12-9-16(27)13-5-6-22-19(18(13)24-12)15-11-29-20(25-15)23-7-8-26/h1-6,11,26H,7-10H2,(H,23,25). The van der Waals surface area contributed by atoms with Crippen molar-refractivity contribution in [2.24, 2.45) is 4.99 Å². The molecule has 0 fully saturated rings. The smallest absolute Gasteiger partial charge is 0.183 e. The lowest BCUT2D eigenvalue weighted by atomic mass is 9.99. The molecule has 0 spiro atoms. The van der Waals surface area contributed by atoms with Crippen molar-refractivity contribution in [1.29, 1.82) is 0 Å². The van der Waals surface area contributed by atoms with Crippen molar-refractivity contribution in [2.75, 3.05) is 25.1 Å². The zero-order valence-electron chi connectivity index (χ0n) is 15.3. The molecule has 0 unspecified atom stereocenters. The molecule has 1 aliphatic rings. The van der Waals surface area contributed by atoms with Gasteiger partial charge in [-0.3, -0.25) is 14.8 Å². The van der Waals surface area contributed by atoms with Gasteiger partial charge < -0.3 is 15.2 Å². The number of hydrogen-bond donors (Lipinski definition) is 2. The SMILES string of the molecule is O=C1CC(COc2ccccc2Cl)=Nc2c1ccnc2-c1csc(NCCO)n1. The first-order valence-electron chi connectivity index (χ1n) is 8.92. The second kappa shape index (κ2) is 8.69. The molecule has 1 aliphatic heterocycles. The molecule has 7 nitrogen and oxygen atoms in total. The van der Waals surface area contributed by atoms with Crippen molar-refractivity contribution >= 4 is 45.3 Å². The van der Waals surface area contributed by atoms with E-state index in [4.69, 9.17) is 21.4 Å². The van der Waals surface area contributed by atoms with Crippen molar-refractivity contribution in [1.82, 2.24) is 9.97 Å². The fourth-order valence-electron chi connectivity index (χ4n) is 2.89. The molecule has 4 rings (SSSR count). The van der Waals surface area contributed by atoms with Gasteiger partial charge in [0.1, 0.15) is 29.4 Å². The Morgan fingerprint density at radius 3 is 2.97 bits per heavy atom. The fourth-order valence-corrected chi connectivity index (χ4v) is 3.80. The normalized spacial score (nSPS) is 13.0. The summed E-state index contributed by atoms with van der Waals surface area (Å²) in [4.78, 5) is 26.2. The van der Waals surface area contributed by atoms with Crippen LogP contribution in [0.5, 0.6) is 5.75 Å². The fraction of sp³-hybridized carbons (Fsp3) is 0.200. The van der Waals surface area contributed by atoms with Crippen LogP contribution in [0.2, 0.25) is 5.02 Å². The van der Waals surface area contributed by atoms with Gasteiger partial charge in [0.05, 0.1) is 23.8 Å². The Morgan fingerprint density at radius 1 is 1.28 bits per heavy atom. The number of aromatic nitrogens is 2. The Morgan fingerprint density at radius 2 is 2.14 bits per heavy atom. The zero-order valence-corrected chi connectivity index (χ0v) is 16.8. The lowest BCUT2D eigenvalue weighted by Crippen LogP contribution is -2.20. The summed E-state index contributed by atoms with van der Waals surface area (Å²) in [5.41, 5.74) is 2.79. The number of para-hydroxylation sites is 1. The Balaban J connectivity index is 1.62. The number of ether oxygens (including phenoxy) is 1. The number of anilines is 1. The van der Waals surface area contributed by atoms with Crippen molar-refractivity contribution in [3.05, 3.63) is 52.5 Å². The van der Waals surface area contributed by atoms with Crippen molar-refractivity contribution in [3.8, 4) is 17.1 Å². The van der Waals surface area contributed by atoms with E-state index in [1.807, 2.05) is 17.5 Å². The third kappa shape index (κ3) is 4.29. The summed E-state index contributed by atoms with van der Waals surface area (Å²) in [6.45, 7) is 0.582. The van der Waals surface area contributed by atoms with Crippen LogP contribution in [0.15, 0.2) is 46.9 Å². The predicted octanol–water partition coefficient (Wildman–Crippen LogP) is 4.00. The molecule has 2 aromatic heterocycles. The van der Waals surface area contributed by atoms with E-state index < -0.39 is 0 Å². The lowest BCUT2D eigenvalue weighted by molar-refractivity contribution is 0.0998. The Kier molecular flexibility index (Phi) is 5.84. The second-order valence-corrected chi connectivity index (χ2v) is 7.51. The molecular weight excluding hydrogens is 412 g/mol. The van der Waals surface area contributed by atoms with Gasteiger partial charge in [0.15, 0.2) is 10.9 Å². The summed E-state index contributed by atoms with van der Waals surface area (Å²) < 4.78 is 5.75. The molecular formula is C20H17ClN4O3S. The molecule has 0 aliphatic carbocycles. The average Bonchev–Trinajstić information content (AvgIpc) is 3.20. The van der Waals surface area contributed by atoms with Gasteiger partial charge in [-0.1, -0.05) is 23.7 Å². The highest BCUT2D eigenvalue weighted by Crippen LogP contribution is 2.36. The summed E-state index contributed by atoms with van der Waals surface area (Å²) in [6.07, 6.45) is 1.77. The number of Topliss-reactive ketones (excluding diaryl/α,β-unsaturated/α-hetero) is 1. The molecule has 0 bridgehead atoms. The molecule has 0 radical (unpaired) electrons. The Labute approximate surface area is 176 Å². The van der Waals surface area contributed by atoms with Crippen LogP contribution >= 0.6 is 22.9 Å². The summed E-state index contributed by atoms with van der Waals surface area (Å²) in [7, 11) is 0. The molecule has 148 valence electrons. The number of carbonyl (C=O) groups is 1. The van der Waals surface area contributed by atoms with Crippen LogP contribution in [0.4, 0.5) is 10.8 Å². The number of carbonyl (C=O) groups excluding carboxylic acids is 1. The van der Waals surface area contributed by atoms with Crippen molar-refractivity contribution in [2.45, 2.75) is 6.42 Å². The quantitative estimate of drug-likeness (QED) is 0.590. The van der Waals surface area contributed by atoms with E-state index in [0.29, 0.717) is 50.8 Å². The zero-order chi connectivity index (χ0) is 20.2. The molecule has 3 heterocycles. The van der Waals surface area contributed by atoms with Crippen molar-refractivity contribution in [3.63, 3.8) is 0 Å². The van der Waals surface area contributed by atoms with Gasteiger partial charge in [0.2, 0.25) is 0 Å². The topological polar surface area (TPSA) is 96.7 Å².